The van der Waals surface area contributed by atoms with Crippen LogP contribution in [0.5, 0.6) is 5.75 Å². The maximum Gasteiger partial charge on any atom is 0.257 e. The van der Waals surface area contributed by atoms with Gasteiger partial charge in [0, 0.05) is 19.3 Å². The van der Waals surface area contributed by atoms with Gasteiger partial charge in [0.1, 0.15) is 11.6 Å². The molecule has 2 aromatic rings. The van der Waals surface area contributed by atoms with Gasteiger partial charge in [-0.3, -0.25) is 4.79 Å². The number of carbonyl (C=O) groups excluding carboxylic acids is 1. The Morgan fingerprint density at radius 2 is 2.15 bits per heavy atom. The maximum absolute atomic E-state index is 13.1. The van der Waals surface area contributed by atoms with Crippen LogP contribution in [0.25, 0.3) is 0 Å². The summed E-state index contributed by atoms with van der Waals surface area (Å²) in [7, 11) is 3.58. The average molecular weight is 354 g/mol. The molecule has 1 amide bonds. The van der Waals surface area contributed by atoms with Crippen molar-refractivity contribution in [2.45, 2.75) is 12.8 Å². The molecule has 2 N–H and O–H groups in total. The fourth-order valence-electron chi connectivity index (χ4n) is 3.43. The summed E-state index contributed by atoms with van der Waals surface area (Å²) in [6.07, 6.45) is 3.88. The van der Waals surface area contributed by atoms with Crippen LogP contribution in [0.1, 0.15) is 23.2 Å². The summed E-state index contributed by atoms with van der Waals surface area (Å²) < 4.78 is 5.38. The zero-order valence-corrected chi connectivity index (χ0v) is 15.4. The van der Waals surface area contributed by atoms with Gasteiger partial charge in [-0.1, -0.05) is 12.1 Å². The first-order valence-corrected chi connectivity index (χ1v) is 9.02. The molecule has 1 aliphatic rings. The van der Waals surface area contributed by atoms with Crippen molar-refractivity contribution in [2.75, 3.05) is 39.1 Å². The van der Waals surface area contributed by atoms with Gasteiger partial charge >= 0.3 is 0 Å². The van der Waals surface area contributed by atoms with E-state index in [0.717, 1.165) is 38.2 Å². The average Bonchev–Trinajstić information content (AvgIpc) is 2.69. The number of ether oxygens (including phenoxy) is 1. The Kier molecular flexibility index (Phi) is 6.07. The molecule has 6 heteroatoms. The van der Waals surface area contributed by atoms with Crippen LogP contribution in [0.2, 0.25) is 0 Å². The molecule has 26 heavy (non-hydrogen) atoms. The van der Waals surface area contributed by atoms with Gasteiger partial charge in [0.25, 0.3) is 5.91 Å². The summed E-state index contributed by atoms with van der Waals surface area (Å²) >= 11 is 0. The Bertz CT molecular complexity index is 748. The molecule has 6 nitrogen and oxygen atoms in total. The van der Waals surface area contributed by atoms with Gasteiger partial charge < -0.3 is 20.3 Å². The van der Waals surface area contributed by atoms with Crippen LogP contribution >= 0.6 is 0 Å². The van der Waals surface area contributed by atoms with Crippen LogP contribution in [0.3, 0.4) is 0 Å². The molecule has 0 radical (unpaired) electrons. The minimum atomic E-state index is 0.0244. The molecule has 0 unspecified atom stereocenters. The molecular weight excluding hydrogens is 328 g/mol. The fraction of sp³-hybridized carbons (Fsp3) is 0.400. The van der Waals surface area contributed by atoms with Gasteiger partial charge in [-0.05, 0) is 56.6 Å². The number of benzene rings is 1. The Labute approximate surface area is 154 Å². The van der Waals surface area contributed by atoms with Crippen LogP contribution in [0, 0.1) is 5.92 Å². The van der Waals surface area contributed by atoms with E-state index < -0.39 is 0 Å². The first-order chi connectivity index (χ1) is 12.7. The Morgan fingerprint density at radius 1 is 1.31 bits per heavy atom. The lowest BCUT2D eigenvalue weighted by Gasteiger charge is -2.33. The first kappa shape index (κ1) is 18.2. The number of carbonyl (C=O) groups is 1. The number of nitrogens with one attached hydrogen (secondary N) is 2. The lowest BCUT2D eigenvalue weighted by Crippen LogP contribution is -2.42. The number of methoxy groups -OCH3 is 1. The summed E-state index contributed by atoms with van der Waals surface area (Å²) in [5.41, 5.74) is 1.37. The molecule has 1 fully saturated rings. The summed E-state index contributed by atoms with van der Waals surface area (Å²) in [5, 5.41) is 6.47. The van der Waals surface area contributed by atoms with Gasteiger partial charge in [0.05, 0.1) is 18.4 Å². The van der Waals surface area contributed by atoms with Crippen molar-refractivity contribution in [1.29, 1.82) is 0 Å². The van der Waals surface area contributed by atoms with Crippen molar-refractivity contribution in [1.82, 2.24) is 15.2 Å². The minimum absolute atomic E-state index is 0.0244. The van der Waals surface area contributed by atoms with Crippen molar-refractivity contribution in [3.8, 4) is 5.75 Å². The summed E-state index contributed by atoms with van der Waals surface area (Å²) in [4.78, 5) is 19.4. The largest absolute Gasteiger partial charge is 0.495 e. The number of amides is 1. The van der Waals surface area contributed by atoms with Gasteiger partial charge in [0.15, 0.2) is 0 Å². The third-order valence-electron chi connectivity index (χ3n) is 4.70. The van der Waals surface area contributed by atoms with E-state index in [1.807, 2.05) is 42.3 Å². The molecule has 1 aromatic heterocycles. The number of nitrogens with zero attached hydrogens (tertiary/aromatic N) is 2. The highest BCUT2D eigenvalue weighted by Gasteiger charge is 2.26. The second-order valence-corrected chi connectivity index (χ2v) is 6.54. The van der Waals surface area contributed by atoms with E-state index in [2.05, 4.69) is 15.6 Å². The minimum Gasteiger partial charge on any atom is -0.495 e. The Hall–Kier alpha value is -2.60. The van der Waals surface area contributed by atoms with Crippen molar-refractivity contribution >= 4 is 17.4 Å². The SMILES string of the molecule is CNC[C@@H]1CCCN(C(=O)c2cccnc2Nc2ccccc2OC)C1. The molecule has 1 aliphatic heterocycles. The summed E-state index contributed by atoms with van der Waals surface area (Å²) in [5.74, 6) is 1.79. The van der Waals surface area contributed by atoms with Crippen molar-refractivity contribution in [3.05, 3.63) is 48.2 Å². The van der Waals surface area contributed by atoms with Gasteiger partial charge in [-0.15, -0.1) is 0 Å². The van der Waals surface area contributed by atoms with Crippen LogP contribution < -0.4 is 15.4 Å². The topological polar surface area (TPSA) is 66.5 Å². The number of anilines is 2. The van der Waals surface area contributed by atoms with Crippen molar-refractivity contribution < 1.29 is 9.53 Å². The Morgan fingerprint density at radius 3 is 2.96 bits per heavy atom. The molecule has 0 aliphatic carbocycles. The predicted molar refractivity (Wildman–Crippen MR) is 103 cm³/mol. The highest BCUT2D eigenvalue weighted by Crippen LogP contribution is 2.28. The van der Waals surface area contributed by atoms with Crippen molar-refractivity contribution in [2.24, 2.45) is 5.92 Å². The van der Waals surface area contributed by atoms with E-state index in [4.69, 9.17) is 4.74 Å². The molecule has 2 heterocycles. The number of hydrogen-bond donors (Lipinski definition) is 2. The van der Waals surface area contributed by atoms with E-state index in [0.29, 0.717) is 23.0 Å². The number of piperidine rings is 1. The molecule has 3 rings (SSSR count). The molecular formula is C20H26N4O2. The number of pyridine rings is 1. The maximum atomic E-state index is 13.1. The van der Waals surface area contributed by atoms with Crippen LogP contribution in [0.15, 0.2) is 42.6 Å². The number of para-hydroxylation sites is 2. The highest BCUT2D eigenvalue weighted by molar-refractivity contribution is 5.99. The van der Waals surface area contributed by atoms with E-state index in [1.165, 1.54) is 0 Å². The van der Waals surface area contributed by atoms with E-state index >= 15 is 0 Å². The highest BCUT2D eigenvalue weighted by atomic mass is 16.5. The standard InChI is InChI=1S/C20H26N4O2/c1-21-13-15-7-6-12-24(14-15)20(25)16-8-5-11-22-19(16)23-17-9-3-4-10-18(17)26-2/h3-5,8-11,15,21H,6-7,12-14H2,1-2H3,(H,22,23)/t15-/m0/s1. The van der Waals surface area contributed by atoms with Crippen LogP contribution in [0.4, 0.5) is 11.5 Å². The van der Waals surface area contributed by atoms with E-state index in [1.54, 1.807) is 19.4 Å². The second kappa shape index (κ2) is 8.67. The van der Waals surface area contributed by atoms with E-state index in [9.17, 15) is 4.79 Å². The normalized spacial score (nSPS) is 17.0. The lowest BCUT2D eigenvalue weighted by atomic mass is 9.97. The molecule has 0 bridgehead atoms. The van der Waals surface area contributed by atoms with Gasteiger partial charge in [0.2, 0.25) is 0 Å². The number of rotatable bonds is 6. The van der Waals surface area contributed by atoms with Gasteiger partial charge in [-0.25, -0.2) is 4.98 Å². The molecule has 138 valence electrons. The second-order valence-electron chi connectivity index (χ2n) is 6.54. The Balaban J connectivity index is 1.81. The predicted octanol–water partition coefficient (Wildman–Crippen LogP) is 2.91. The lowest BCUT2D eigenvalue weighted by molar-refractivity contribution is 0.0675. The number of likely N-dealkylation sites (tertiary alicyclic amines) is 1. The molecule has 1 aromatic carbocycles. The van der Waals surface area contributed by atoms with Crippen molar-refractivity contribution in [3.63, 3.8) is 0 Å². The fourth-order valence-corrected chi connectivity index (χ4v) is 3.43. The van der Waals surface area contributed by atoms with Gasteiger partial charge in [-0.2, -0.15) is 0 Å². The van der Waals surface area contributed by atoms with E-state index in [-0.39, 0.29) is 5.91 Å². The quantitative estimate of drug-likeness (QED) is 0.835. The smallest absolute Gasteiger partial charge is 0.257 e. The summed E-state index contributed by atoms with van der Waals surface area (Å²) in [6, 6.07) is 11.2. The number of hydrogen-bond acceptors (Lipinski definition) is 5. The zero-order chi connectivity index (χ0) is 18.4. The molecule has 0 spiro atoms. The number of aromatic nitrogens is 1. The van der Waals surface area contributed by atoms with Crippen LogP contribution in [-0.4, -0.2) is 49.6 Å². The molecule has 1 atom stereocenters. The molecule has 1 saturated heterocycles. The summed E-state index contributed by atoms with van der Waals surface area (Å²) in [6.45, 7) is 2.51. The monoisotopic (exact) mass is 354 g/mol. The first-order valence-electron chi connectivity index (χ1n) is 9.02. The third kappa shape index (κ3) is 4.14. The molecule has 0 saturated carbocycles. The zero-order valence-electron chi connectivity index (χ0n) is 15.4. The third-order valence-corrected chi connectivity index (χ3v) is 4.70. The van der Waals surface area contributed by atoms with Crippen LogP contribution in [-0.2, 0) is 0 Å².